The molecule has 0 bridgehead atoms. The van der Waals surface area contributed by atoms with E-state index in [-0.39, 0.29) is 11.9 Å². The van der Waals surface area contributed by atoms with Crippen molar-refractivity contribution in [3.8, 4) is 5.88 Å². The Balaban J connectivity index is 2.31. The first-order chi connectivity index (χ1) is 20.3. The van der Waals surface area contributed by atoms with Crippen LogP contribution in [0.2, 0.25) is 16.6 Å². The van der Waals surface area contributed by atoms with Crippen molar-refractivity contribution in [3.05, 3.63) is 23.5 Å². The van der Waals surface area contributed by atoms with Gasteiger partial charge in [-0.3, -0.25) is 0 Å². The van der Waals surface area contributed by atoms with Crippen LogP contribution in [-0.4, -0.2) is 44.4 Å². The van der Waals surface area contributed by atoms with Crippen LogP contribution in [0.15, 0.2) is 12.1 Å². The molecule has 1 aromatic rings. The van der Waals surface area contributed by atoms with Crippen LogP contribution in [0, 0.1) is 6.57 Å². The molecule has 0 aliphatic rings. The molecular formula is C35H65N3O3Si. The van der Waals surface area contributed by atoms with E-state index in [1.807, 2.05) is 0 Å². The van der Waals surface area contributed by atoms with Crippen molar-refractivity contribution in [1.82, 2.24) is 10.2 Å². The molecule has 0 aliphatic carbocycles. The molecule has 0 radical (unpaired) electrons. The summed E-state index contributed by atoms with van der Waals surface area (Å²) in [6, 6.07) is 3.35. The molecule has 6 nitrogen and oxygen atoms in total. The Kier molecular flexibility index (Phi) is 21.9. The van der Waals surface area contributed by atoms with E-state index in [2.05, 4.69) is 63.5 Å². The minimum Gasteiger partial charge on any atom is -0.467 e. The Bertz CT molecular complexity index is 789. The summed E-state index contributed by atoms with van der Waals surface area (Å²) in [5, 5.41) is 8.01. The number of unbranched alkanes of at least 4 members (excludes halogenated alkanes) is 15. The standard InChI is InChI=1S/C35H65N3O3Si/c1-9-10-11-12-13-14-15-16-17-18-19-20-21-22-23-24-27-39-28-33(41-35-26-25-34(36-8)37-38-35)29-40-42(30(2)3,31(4)5)32(6)7/h25-26,30-33H,9-24,27-29H2,1-7H3/t33-/m1/s1. The Morgan fingerprint density at radius 2 is 1.14 bits per heavy atom. The highest BCUT2D eigenvalue weighted by molar-refractivity contribution is 6.77. The molecule has 42 heavy (non-hydrogen) atoms. The van der Waals surface area contributed by atoms with E-state index in [4.69, 9.17) is 20.5 Å². The Morgan fingerprint density at radius 3 is 1.55 bits per heavy atom. The summed E-state index contributed by atoms with van der Waals surface area (Å²) < 4.78 is 19.1. The van der Waals surface area contributed by atoms with Gasteiger partial charge < -0.3 is 18.7 Å². The van der Waals surface area contributed by atoms with Crippen LogP contribution in [0.1, 0.15) is 151 Å². The van der Waals surface area contributed by atoms with Crippen molar-refractivity contribution in [2.24, 2.45) is 0 Å². The Hall–Kier alpha value is -1.49. The Morgan fingerprint density at radius 1 is 0.667 bits per heavy atom. The van der Waals surface area contributed by atoms with Gasteiger partial charge in [0, 0.05) is 11.7 Å². The molecule has 0 unspecified atom stereocenters. The third kappa shape index (κ3) is 15.8. The van der Waals surface area contributed by atoms with Gasteiger partial charge in [0.1, 0.15) is 6.10 Å². The third-order valence-electron chi connectivity index (χ3n) is 8.70. The van der Waals surface area contributed by atoms with E-state index in [1.54, 1.807) is 12.1 Å². The molecule has 1 aromatic heterocycles. The lowest BCUT2D eigenvalue weighted by atomic mass is 10.0. The molecule has 0 saturated carbocycles. The molecular weight excluding hydrogens is 538 g/mol. The van der Waals surface area contributed by atoms with Gasteiger partial charge in [0.05, 0.1) is 13.2 Å². The summed E-state index contributed by atoms with van der Waals surface area (Å²) in [7, 11) is -2.03. The maximum absolute atomic E-state index is 7.11. The summed E-state index contributed by atoms with van der Waals surface area (Å²) in [5.74, 6) is 0.675. The lowest BCUT2D eigenvalue weighted by molar-refractivity contribution is 0.0182. The second-order valence-electron chi connectivity index (χ2n) is 13.1. The lowest BCUT2D eigenvalue weighted by Gasteiger charge is -2.42. The highest BCUT2D eigenvalue weighted by Gasteiger charge is 2.45. The zero-order valence-corrected chi connectivity index (χ0v) is 29.5. The molecule has 1 heterocycles. The quantitative estimate of drug-likeness (QED) is 0.0568. The van der Waals surface area contributed by atoms with Crippen molar-refractivity contribution in [2.75, 3.05) is 19.8 Å². The fourth-order valence-corrected chi connectivity index (χ4v) is 11.9. The van der Waals surface area contributed by atoms with Crippen LogP contribution in [0.4, 0.5) is 5.82 Å². The van der Waals surface area contributed by atoms with Crippen molar-refractivity contribution < 1.29 is 13.9 Å². The van der Waals surface area contributed by atoms with E-state index in [1.165, 1.54) is 96.3 Å². The molecule has 0 N–H and O–H groups in total. The van der Waals surface area contributed by atoms with Crippen molar-refractivity contribution >= 4 is 14.1 Å². The number of ether oxygens (including phenoxy) is 2. The normalized spacial score (nSPS) is 12.8. The van der Waals surface area contributed by atoms with Crippen LogP contribution in [-0.2, 0) is 9.16 Å². The second kappa shape index (κ2) is 23.9. The van der Waals surface area contributed by atoms with E-state index in [0.717, 1.165) is 13.0 Å². The summed E-state index contributed by atoms with van der Waals surface area (Å²) >= 11 is 0. The van der Waals surface area contributed by atoms with Crippen LogP contribution < -0.4 is 4.74 Å². The van der Waals surface area contributed by atoms with Crippen molar-refractivity contribution in [1.29, 1.82) is 0 Å². The molecule has 0 aliphatic heterocycles. The first-order valence-electron chi connectivity index (χ1n) is 17.4. The first-order valence-corrected chi connectivity index (χ1v) is 19.5. The van der Waals surface area contributed by atoms with E-state index in [9.17, 15) is 0 Å². The maximum Gasteiger partial charge on any atom is 0.296 e. The number of nitrogens with zero attached hydrogens (tertiary/aromatic N) is 3. The van der Waals surface area contributed by atoms with Crippen molar-refractivity contribution in [3.63, 3.8) is 0 Å². The summed E-state index contributed by atoms with van der Waals surface area (Å²) in [4.78, 5) is 3.32. The highest BCUT2D eigenvalue weighted by atomic mass is 28.4. The van der Waals surface area contributed by atoms with Gasteiger partial charge in [0.15, 0.2) is 0 Å². The predicted molar refractivity (Wildman–Crippen MR) is 180 cm³/mol. The second-order valence-corrected chi connectivity index (χ2v) is 18.5. The van der Waals surface area contributed by atoms with Gasteiger partial charge in [-0.05, 0) is 40.3 Å². The van der Waals surface area contributed by atoms with Gasteiger partial charge >= 0.3 is 0 Å². The first kappa shape index (κ1) is 38.5. The molecule has 0 spiro atoms. The number of hydrogen-bond donors (Lipinski definition) is 0. The molecule has 0 fully saturated rings. The molecule has 7 heteroatoms. The van der Waals surface area contributed by atoms with Crippen LogP contribution in [0.3, 0.4) is 0 Å². The predicted octanol–water partition coefficient (Wildman–Crippen LogP) is 11.2. The van der Waals surface area contributed by atoms with Gasteiger partial charge in [0.25, 0.3) is 11.7 Å². The smallest absolute Gasteiger partial charge is 0.296 e. The lowest BCUT2D eigenvalue weighted by Crippen LogP contribution is -2.50. The van der Waals surface area contributed by atoms with Crippen molar-refractivity contribution in [2.45, 2.75) is 174 Å². The van der Waals surface area contributed by atoms with Crippen LogP contribution in [0.5, 0.6) is 5.88 Å². The highest BCUT2D eigenvalue weighted by Crippen LogP contribution is 2.42. The topological polar surface area (TPSA) is 57.8 Å². The fourth-order valence-electron chi connectivity index (χ4n) is 6.43. The monoisotopic (exact) mass is 603 g/mol. The minimum absolute atomic E-state index is 0.262. The molecule has 1 rings (SSSR count). The zero-order chi connectivity index (χ0) is 31.1. The maximum atomic E-state index is 7.11. The molecule has 0 saturated heterocycles. The summed E-state index contributed by atoms with van der Waals surface area (Å²) in [6.07, 6.45) is 21.6. The van der Waals surface area contributed by atoms with Gasteiger partial charge in [-0.15, -0.1) is 0 Å². The van der Waals surface area contributed by atoms with Gasteiger partial charge in [-0.1, -0.05) is 151 Å². The Labute approximate surface area is 261 Å². The SMILES string of the molecule is [C-]#[N+]c1ccc(O[C@H](COCCCCCCCCCCCCCCCCCC)CO[Si](C(C)C)(C(C)C)C(C)C)nn1. The average Bonchev–Trinajstić information content (AvgIpc) is 2.96. The van der Waals surface area contributed by atoms with Gasteiger partial charge in [0.2, 0.25) is 8.32 Å². The zero-order valence-electron chi connectivity index (χ0n) is 28.5. The van der Waals surface area contributed by atoms with Gasteiger partial charge in [-0.2, -0.15) is 0 Å². The molecule has 0 aromatic carbocycles. The van der Waals surface area contributed by atoms with Gasteiger partial charge in [-0.25, -0.2) is 0 Å². The average molecular weight is 604 g/mol. The summed E-state index contributed by atoms with van der Waals surface area (Å²) in [5.41, 5.74) is 1.51. The number of hydrogen-bond acceptors (Lipinski definition) is 5. The third-order valence-corrected chi connectivity index (χ3v) is 14.8. The number of aromatic nitrogens is 2. The minimum atomic E-state index is -2.03. The molecule has 0 amide bonds. The van der Waals surface area contributed by atoms with E-state index < -0.39 is 8.32 Å². The summed E-state index contributed by atoms with van der Waals surface area (Å²) in [6.45, 7) is 24.8. The molecule has 1 atom stereocenters. The number of rotatable bonds is 27. The fraction of sp³-hybridized carbons (Fsp3) is 0.857. The van der Waals surface area contributed by atoms with Crippen LogP contribution >= 0.6 is 0 Å². The van der Waals surface area contributed by atoms with E-state index >= 15 is 0 Å². The molecule has 242 valence electrons. The van der Waals surface area contributed by atoms with E-state index in [0.29, 0.717) is 35.7 Å². The largest absolute Gasteiger partial charge is 0.467 e. The van der Waals surface area contributed by atoms with Crippen LogP contribution in [0.25, 0.3) is 4.85 Å².